The maximum atomic E-state index is 12.0. The predicted molar refractivity (Wildman–Crippen MR) is 71.0 cm³/mol. The van der Waals surface area contributed by atoms with Gasteiger partial charge in [0.15, 0.2) is 0 Å². The standard InChI is InChI=1S/C14H18N2O/c1-4-10-15-13-9-7-6-8-12(13)14(17)16-11(3)5-2/h2,6-9,11,15H,4,10H2,1,3H3,(H,16,17). The van der Waals surface area contributed by atoms with E-state index in [9.17, 15) is 4.79 Å². The molecule has 0 spiro atoms. The van der Waals surface area contributed by atoms with E-state index < -0.39 is 0 Å². The lowest BCUT2D eigenvalue weighted by atomic mass is 10.1. The monoisotopic (exact) mass is 230 g/mol. The van der Waals surface area contributed by atoms with Gasteiger partial charge in [0.2, 0.25) is 0 Å². The number of carbonyl (C=O) groups excluding carboxylic acids is 1. The molecule has 1 aromatic rings. The number of amides is 1. The minimum atomic E-state index is -0.262. The zero-order valence-corrected chi connectivity index (χ0v) is 10.3. The molecule has 0 aromatic heterocycles. The summed E-state index contributed by atoms with van der Waals surface area (Å²) in [7, 11) is 0. The SMILES string of the molecule is C#CC(C)NC(=O)c1ccccc1NCCC. The fourth-order valence-electron chi connectivity index (χ4n) is 1.41. The first-order valence-electron chi connectivity index (χ1n) is 5.79. The molecule has 3 heteroatoms. The zero-order valence-electron chi connectivity index (χ0n) is 10.3. The van der Waals surface area contributed by atoms with Gasteiger partial charge in [-0.1, -0.05) is 25.0 Å². The van der Waals surface area contributed by atoms with Gasteiger partial charge in [-0.25, -0.2) is 0 Å². The summed E-state index contributed by atoms with van der Waals surface area (Å²) < 4.78 is 0. The summed E-state index contributed by atoms with van der Waals surface area (Å²) in [5, 5.41) is 5.97. The van der Waals surface area contributed by atoms with Gasteiger partial charge in [-0.15, -0.1) is 6.42 Å². The largest absolute Gasteiger partial charge is 0.384 e. The summed E-state index contributed by atoms with van der Waals surface area (Å²) in [5.41, 5.74) is 1.47. The van der Waals surface area contributed by atoms with E-state index in [1.54, 1.807) is 13.0 Å². The highest BCUT2D eigenvalue weighted by atomic mass is 16.1. The number of hydrogen-bond donors (Lipinski definition) is 2. The Balaban J connectivity index is 2.82. The molecule has 0 radical (unpaired) electrons. The highest BCUT2D eigenvalue weighted by molar-refractivity contribution is 5.99. The average molecular weight is 230 g/mol. The number of hydrogen-bond acceptors (Lipinski definition) is 2. The Kier molecular flexibility index (Phi) is 5.09. The lowest BCUT2D eigenvalue weighted by molar-refractivity contribution is 0.0949. The van der Waals surface area contributed by atoms with Crippen molar-refractivity contribution < 1.29 is 4.79 Å². The molecule has 0 aliphatic rings. The van der Waals surface area contributed by atoms with Crippen LogP contribution in [0.5, 0.6) is 0 Å². The molecule has 0 bridgehead atoms. The van der Waals surface area contributed by atoms with Crippen molar-refractivity contribution in [3.05, 3.63) is 29.8 Å². The van der Waals surface area contributed by atoms with Gasteiger partial charge in [-0.3, -0.25) is 4.79 Å². The molecule has 0 aliphatic heterocycles. The quantitative estimate of drug-likeness (QED) is 0.762. The zero-order chi connectivity index (χ0) is 12.7. The molecule has 0 fully saturated rings. The van der Waals surface area contributed by atoms with Crippen molar-refractivity contribution in [2.24, 2.45) is 0 Å². The van der Waals surface area contributed by atoms with Crippen LogP contribution in [0.3, 0.4) is 0 Å². The second-order valence-electron chi connectivity index (χ2n) is 3.83. The Hall–Kier alpha value is -1.95. The molecule has 0 saturated carbocycles. The van der Waals surface area contributed by atoms with Crippen LogP contribution in [0.2, 0.25) is 0 Å². The van der Waals surface area contributed by atoms with E-state index in [1.807, 2.05) is 18.2 Å². The topological polar surface area (TPSA) is 41.1 Å². The number of terminal acetylenes is 1. The Morgan fingerprint density at radius 2 is 2.18 bits per heavy atom. The highest BCUT2D eigenvalue weighted by Gasteiger charge is 2.11. The van der Waals surface area contributed by atoms with E-state index in [0.717, 1.165) is 18.7 Å². The number of nitrogens with one attached hydrogen (secondary N) is 2. The molecule has 0 saturated heterocycles. The number of para-hydroxylation sites is 1. The molecule has 90 valence electrons. The fraction of sp³-hybridized carbons (Fsp3) is 0.357. The maximum absolute atomic E-state index is 12.0. The van der Waals surface area contributed by atoms with E-state index in [-0.39, 0.29) is 11.9 Å². The van der Waals surface area contributed by atoms with E-state index in [2.05, 4.69) is 23.5 Å². The highest BCUT2D eigenvalue weighted by Crippen LogP contribution is 2.14. The lowest BCUT2D eigenvalue weighted by Gasteiger charge is -2.12. The minimum absolute atomic E-state index is 0.144. The third kappa shape index (κ3) is 3.84. The smallest absolute Gasteiger partial charge is 0.254 e. The number of benzene rings is 1. The van der Waals surface area contributed by atoms with Gasteiger partial charge in [-0.05, 0) is 25.5 Å². The van der Waals surface area contributed by atoms with Crippen LogP contribution in [0.15, 0.2) is 24.3 Å². The Morgan fingerprint density at radius 1 is 1.47 bits per heavy atom. The number of anilines is 1. The van der Waals surface area contributed by atoms with Crippen LogP contribution in [0.25, 0.3) is 0 Å². The van der Waals surface area contributed by atoms with Crippen LogP contribution in [0, 0.1) is 12.3 Å². The average Bonchev–Trinajstić information content (AvgIpc) is 2.36. The van der Waals surface area contributed by atoms with Gasteiger partial charge < -0.3 is 10.6 Å². The molecule has 1 amide bonds. The van der Waals surface area contributed by atoms with Crippen molar-refractivity contribution in [2.45, 2.75) is 26.3 Å². The Morgan fingerprint density at radius 3 is 2.82 bits per heavy atom. The van der Waals surface area contributed by atoms with E-state index in [4.69, 9.17) is 6.42 Å². The molecular formula is C14H18N2O. The summed E-state index contributed by atoms with van der Waals surface area (Å²) in [6, 6.07) is 7.16. The maximum Gasteiger partial charge on any atom is 0.254 e. The molecule has 1 aromatic carbocycles. The Labute approximate surface area is 103 Å². The normalized spacial score (nSPS) is 11.4. The summed E-state index contributed by atoms with van der Waals surface area (Å²) in [6.07, 6.45) is 6.25. The second kappa shape index (κ2) is 6.59. The first kappa shape index (κ1) is 13.1. The number of carbonyl (C=O) groups is 1. The van der Waals surface area contributed by atoms with Gasteiger partial charge >= 0.3 is 0 Å². The van der Waals surface area contributed by atoms with Gasteiger partial charge in [0.05, 0.1) is 11.6 Å². The molecule has 0 heterocycles. The van der Waals surface area contributed by atoms with Crippen molar-refractivity contribution in [3.63, 3.8) is 0 Å². The first-order valence-corrected chi connectivity index (χ1v) is 5.79. The molecule has 0 aliphatic carbocycles. The summed E-state index contributed by atoms with van der Waals surface area (Å²) in [6.45, 7) is 4.70. The molecule has 3 nitrogen and oxygen atoms in total. The van der Waals surface area contributed by atoms with Gasteiger partial charge in [-0.2, -0.15) is 0 Å². The molecule has 2 N–H and O–H groups in total. The molecule has 1 atom stereocenters. The number of rotatable bonds is 5. The summed E-state index contributed by atoms with van der Waals surface area (Å²) in [5.74, 6) is 2.33. The van der Waals surface area contributed by atoms with Gasteiger partial charge in [0.25, 0.3) is 5.91 Å². The first-order chi connectivity index (χ1) is 8.19. The third-order valence-electron chi connectivity index (χ3n) is 2.33. The van der Waals surface area contributed by atoms with Crippen LogP contribution >= 0.6 is 0 Å². The van der Waals surface area contributed by atoms with Crippen molar-refractivity contribution in [3.8, 4) is 12.3 Å². The Bertz CT molecular complexity index is 420. The van der Waals surface area contributed by atoms with Crippen LogP contribution < -0.4 is 10.6 Å². The minimum Gasteiger partial charge on any atom is -0.384 e. The third-order valence-corrected chi connectivity index (χ3v) is 2.33. The lowest BCUT2D eigenvalue weighted by Crippen LogP contribution is -2.31. The molecule has 17 heavy (non-hydrogen) atoms. The van der Waals surface area contributed by atoms with Crippen molar-refractivity contribution >= 4 is 11.6 Å². The second-order valence-corrected chi connectivity index (χ2v) is 3.83. The molecular weight excluding hydrogens is 212 g/mol. The van der Waals surface area contributed by atoms with Crippen molar-refractivity contribution in [1.29, 1.82) is 0 Å². The van der Waals surface area contributed by atoms with E-state index >= 15 is 0 Å². The fourth-order valence-corrected chi connectivity index (χ4v) is 1.41. The van der Waals surface area contributed by atoms with E-state index in [0.29, 0.717) is 5.56 Å². The summed E-state index contributed by atoms with van der Waals surface area (Å²) in [4.78, 5) is 12.0. The van der Waals surface area contributed by atoms with Crippen molar-refractivity contribution in [2.75, 3.05) is 11.9 Å². The van der Waals surface area contributed by atoms with E-state index in [1.165, 1.54) is 0 Å². The molecule has 1 rings (SSSR count). The van der Waals surface area contributed by atoms with Crippen molar-refractivity contribution in [1.82, 2.24) is 5.32 Å². The van der Waals surface area contributed by atoms with Crippen LogP contribution in [-0.4, -0.2) is 18.5 Å². The van der Waals surface area contributed by atoms with Gasteiger partial charge in [0.1, 0.15) is 0 Å². The summed E-state index contributed by atoms with van der Waals surface area (Å²) >= 11 is 0. The van der Waals surface area contributed by atoms with Crippen LogP contribution in [-0.2, 0) is 0 Å². The molecule has 1 unspecified atom stereocenters. The van der Waals surface area contributed by atoms with Crippen LogP contribution in [0.1, 0.15) is 30.6 Å². The predicted octanol–water partition coefficient (Wildman–Crippen LogP) is 2.26. The van der Waals surface area contributed by atoms with Gasteiger partial charge in [0, 0.05) is 12.2 Å². The van der Waals surface area contributed by atoms with Crippen LogP contribution in [0.4, 0.5) is 5.69 Å².